The molecule has 21 heavy (non-hydrogen) atoms. The van der Waals surface area contributed by atoms with E-state index in [1.165, 1.54) is 18.1 Å². The fourth-order valence-electron chi connectivity index (χ4n) is 2.10. The molecule has 0 saturated heterocycles. The Bertz CT molecular complexity index is 658. The van der Waals surface area contributed by atoms with Gasteiger partial charge in [0.15, 0.2) is 0 Å². The molecule has 0 aliphatic carbocycles. The van der Waals surface area contributed by atoms with E-state index in [0.29, 0.717) is 23.5 Å². The van der Waals surface area contributed by atoms with Crippen LogP contribution in [0.1, 0.15) is 17.3 Å². The number of para-hydroxylation sites is 1. The topological polar surface area (TPSA) is 55.6 Å². The van der Waals surface area contributed by atoms with E-state index in [1.807, 2.05) is 0 Å². The molecule has 2 aromatic rings. The number of anilines is 2. The summed E-state index contributed by atoms with van der Waals surface area (Å²) in [5.41, 5.74) is 6.74. The molecule has 2 rings (SSSR count). The van der Waals surface area contributed by atoms with Crippen molar-refractivity contribution in [2.45, 2.75) is 6.92 Å². The molecule has 1 amide bonds. The lowest BCUT2D eigenvalue weighted by Gasteiger charge is -2.22. The van der Waals surface area contributed by atoms with Gasteiger partial charge in [-0.15, -0.1) is 0 Å². The highest BCUT2D eigenvalue weighted by molar-refractivity contribution is 6.09. The molecule has 0 aliphatic rings. The fraction of sp³-hybridized carbons (Fsp3) is 0.188. The molecule has 0 atom stereocenters. The van der Waals surface area contributed by atoms with Gasteiger partial charge in [-0.1, -0.05) is 12.1 Å². The first kappa shape index (κ1) is 14.8. The molecule has 2 aromatic carbocycles. The SMILES string of the molecule is CCN(C(=O)c1ccc(OC)cc1N)c1ccccc1F. The molecule has 0 unspecified atom stereocenters. The van der Waals surface area contributed by atoms with Crippen molar-refractivity contribution < 1.29 is 13.9 Å². The van der Waals surface area contributed by atoms with Gasteiger partial charge in [-0.3, -0.25) is 4.79 Å². The van der Waals surface area contributed by atoms with Crippen LogP contribution < -0.4 is 15.4 Å². The fourth-order valence-corrected chi connectivity index (χ4v) is 2.10. The van der Waals surface area contributed by atoms with Gasteiger partial charge >= 0.3 is 0 Å². The lowest BCUT2D eigenvalue weighted by Crippen LogP contribution is -2.32. The Kier molecular flexibility index (Phi) is 4.42. The average molecular weight is 288 g/mol. The number of carbonyl (C=O) groups is 1. The van der Waals surface area contributed by atoms with E-state index < -0.39 is 5.82 Å². The van der Waals surface area contributed by atoms with Crippen LogP contribution in [-0.2, 0) is 0 Å². The van der Waals surface area contributed by atoms with E-state index in [1.54, 1.807) is 43.3 Å². The van der Waals surface area contributed by atoms with Crippen molar-refractivity contribution in [3.63, 3.8) is 0 Å². The van der Waals surface area contributed by atoms with Crippen LogP contribution in [0.4, 0.5) is 15.8 Å². The molecular weight excluding hydrogens is 271 g/mol. The van der Waals surface area contributed by atoms with Gasteiger partial charge < -0.3 is 15.4 Å². The van der Waals surface area contributed by atoms with Crippen molar-refractivity contribution in [2.24, 2.45) is 0 Å². The first-order valence-electron chi connectivity index (χ1n) is 6.58. The van der Waals surface area contributed by atoms with E-state index >= 15 is 0 Å². The lowest BCUT2D eigenvalue weighted by molar-refractivity contribution is 0.0988. The second-order valence-electron chi connectivity index (χ2n) is 4.45. The van der Waals surface area contributed by atoms with Crippen LogP contribution in [0.3, 0.4) is 0 Å². The van der Waals surface area contributed by atoms with Crippen molar-refractivity contribution in [1.29, 1.82) is 0 Å². The van der Waals surface area contributed by atoms with Crippen LogP contribution in [0.5, 0.6) is 5.75 Å². The highest BCUT2D eigenvalue weighted by Gasteiger charge is 2.20. The zero-order valence-corrected chi connectivity index (χ0v) is 12.0. The zero-order chi connectivity index (χ0) is 15.4. The second kappa shape index (κ2) is 6.26. The van der Waals surface area contributed by atoms with Crippen molar-refractivity contribution in [2.75, 3.05) is 24.3 Å². The Hall–Kier alpha value is -2.56. The normalized spacial score (nSPS) is 10.2. The Morgan fingerprint density at radius 2 is 2.00 bits per heavy atom. The Labute approximate surface area is 122 Å². The maximum atomic E-state index is 13.9. The minimum Gasteiger partial charge on any atom is -0.497 e. The molecular formula is C16H17FN2O2. The third-order valence-electron chi connectivity index (χ3n) is 3.19. The predicted molar refractivity (Wildman–Crippen MR) is 81.2 cm³/mol. The van der Waals surface area contributed by atoms with Crippen molar-refractivity contribution in [3.05, 3.63) is 53.8 Å². The third-order valence-corrected chi connectivity index (χ3v) is 3.19. The molecule has 4 nitrogen and oxygen atoms in total. The van der Waals surface area contributed by atoms with Crippen LogP contribution in [-0.4, -0.2) is 19.6 Å². The minimum absolute atomic E-state index is 0.236. The Balaban J connectivity index is 2.39. The third kappa shape index (κ3) is 2.97. The highest BCUT2D eigenvalue weighted by Crippen LogP contribution is 2.25. The molecule has 0 radical (unpaired) electrons. The van der Waals surface area contributed by atoms with Crippen LogP contribution in [0.15, 0.2) is 42.5 Å². The zero-order valence-electron chi connectivity index (χ0n) is 12.0. The minimum atomic E-state index is -0.445. The molecule has 0 fully saturated rings. The molecule has 0 aliphatic heterocycles. The maximum Gasteiger partial charge on any atom is 0.260 e. The number of nitrogen functional groups attached to an aromatic ring is 1. The molecule has 0 saturated carbocycles. The van der Waals surface area contributed by atoms with E-state index in [9.17, 15) is 9.18 Å². The number of amides is 1. The quantitative estimate of drug-likeness (QED) is 0.880. The molecule has 2 N–H and O–H groups in total. The van der Waals surface area contributed by atoms with Crippen LogP contribution in [0, 0.1) is 5.82 Å². The number of carbonyl (C=O) groups excluding carboxylic acids is 1. The number of halogens is 1. The molecule has 110 valence electrons. The Morgan fingerprint density at radius 3 is 2.57 bits per heavy atom. The summed E-state index contributed by atoms with van der Waals surface area (Å²) in [6.07, 6.45) is 0. The summed E-state index contributed by atoms with van der Waals surface area (Å²) in [5.74, 6) is -0.222. The number of methoxy groups -OCH3 is 1. The smallest absolute Gasteiger partial charge is 0.260 e. The van der Waals surface area contributed by atoms with Crippen LogP contribution in [0.25, 0.3) is 0 Å². The Morgan fingerprint density at radius 1 is 1.29 bits per heavy atom. The van der Waals surface area contributed by atoms with Gasteiger partial charge in [0.2, 0.25) is 0 Å². The van der Waals surface area contributed by atoms with Crippen LogP contribution in [0.2, 0.25) is 0 Å². The summed E-state index contributed by atoms with van der Waals surface area (Å²) in [6, 6.07) is 11.0. The maximum absolute atomic E-state index is 13.9. The van der Waals surface area contributed by atoms with E-state index in [2.05, 4.69) is 0 Å². The summed E-state index contributed by atoms with van der Waals surface area (Å²) < 4.78 is 18.9. The first-order valence-corrected chi connectivity index (χ1v) is 6.58. The van der Waals surface area contributed by atoms with E-state index in [4.69, 9.17) is 10.5 Å². The largest absolute Gasteiger partial charge is 0.497 e. The van der Waals surface area contributed by atoms with Crippen LogP contribution >= 0.6 is 0 Å². The summed E-state index contributed by atoms with van der Waals surface area (Å²) in [4.78, 5) is 13.9. The van der Waals surface area contributed by atoms with E-state index in [-0.39, 0.29) is 11.6 Å². The number of ether oxygens (including phenoxy) is 1. The van der Waals surface area contributed by atoms with Gasteiger partial charge in [-0.2, -0.15) is 0 Å². The highest BCUT2D eigenvalue weighted by atomic mass is 19.1. The molecule has 5 heteroatoms. The lowest BCUT2D eigenvalue weighted by atomic mass is 10.1. The molecule has 0 heterocycles. The molecule has 0 bridgehead atoms. The first-order chi connectivity index (χ1) is 10.1. The number of hydrogen-bond acceptors (Lipinski definition) is 3. The van der Waals surface area contributed by atoms with E-state index in [0.717, 1.165) is 0 Å². The number of nitrogens with zero attached hydrogens (tertiary/aromatic N) is 1. The predicted octanol–water partition coefficient (Wildman–Crippen LogP) is 3.08. The number of benzene rings is 2. The van der Waals surface area contributed by atoms with Gasteiger partial charge in [-0.05, 0) is 31.2 Å². The second-order valence-corrected chi connectivity index (χ2v) is 4.45. The molecule has 0 spiro atoms. The number of rotatable bonds is 4. The monoisotopic (exact) mass is 288 g/mol. The van der Waals surface area contributed by atoms with Gasteiger partial charge in [0, 0.05) is 18.3 Å². The standard InChI is InChI=1S/C16H17FN2O2/c1-3-19(15-7-5-4-6-13(15)17)16(20)12-9-8-11(21-2)10-14(12)18/h4-10H,3,18H2,1-2H3. The summed E-state index contributed by atoms with van der Waals surface area (Å²) in [7, 11) is 1.52. The van der Waals surface area contributed by atoms with Gasteiger partial charge in [0.05, 0.1) is 18.4 Å². The summed E-state index contributed by atoms with van der Waals surface area (Å²) in [5, 5.41) is 0. The van der Waals surface area contributed by atoms with Crippen molar-refractivity contribution in [3.8, 4) is 5.75 Å². The summed E-state index contributed by atoms with van der Waals surface area (Å²) >= 11 is 0. The number of hydrogen-bond donors (Lipinski definition) is 1. The molecule has 0 aromatic heterocycles. The van der Waals surface area contributed by atoms with Crippen molar-refractivity contribution >= 4 is 17.3 Å². The van der Waals surface area contributed by atoms with Crippen molar-refractivity contribution in [1.82, 2.24) is 0 Å². The average Bonchev–Trinajstić information content (AvgIpc) is 2.49. The van der Waals surface area contributed by atoms with Gasteiger partial charge in [0.25, 0.3) is 5.91 Å². The van der Waals surface area contributed by atoms with Gasteiger partial charge in [0.1, 0.15) is 11.6 Å². The summed E-state index contributed by atoms with van der Waals surface area (Å²) in [6.45, 7) is 2.12. The number of nitrogens with two attached hydrogens (primary N) is 1. The van der Waals surface area contributed by atoms with Gasteiger partial charge in [-0.25, -0.2) is 4.39 Å².